The largest absolute Gasteiger partial charge is 0.495 e. The van der Waals surface area contributed by atoms with Crippen molar-refractivity contribution in [2.75, 3.05) is 13.7 Å². The number of aliphatic hydroxyl groups is 1. The first-order valence-corrected chi connectivity index (χ1v) is 9.00. The summed E-state index contributed by atoms with van der Waals surface area (Å²) in [7, 11) is 1.60. The number of rotatable bonds is 7. The maximum atomic E-state index is 9.62. The van der Waals surface area contributed by atoms with Crippen molar-refractivity contribution in [1.82, 2.24) is 0 Å². The molecule has 1 N–H and O–H groups in total. The molecule has 5 heteroatoms. The smallest absolute Gasteiger partial charge is 0.138 e. The second-order valence-electron chi connectivity index (χ2n) is 6.49. The average molecular weight is 383 g/mol. The normalized spacial score (nSPS) is 12.8. The van der Waals surface area contributed by atoms with E-state index in [9.17, 15) is 5.11 Å². The summed E-state index contributed by atoms with van der Waals surface area (Å²) in [6.45, 7) is 6.35. The molecule has 136 valence electrons. The predicted octanol–water partition coefficient (Wildman–Crippen LogP) is 5.48. The van der Waals surface area contributed by atoms with E-state index in [1.54, 1.807) is 7.11 Å². The number of ether oxygens (including phenoxy) is 2. The van der Waals surface area contributed by atoms with Gasteiger partial charge in [0.25, 0.3) is 0 Å². The van der Waals surface area contributed by atoms with Crippen LogP contribution in [0.3, 0.4) is 0 Å². The summed E-state index contributed by atoms with van der Waals surface area (Å²) in [5.41, 5.74) is 1.81. The molecule has 1 atom stereocenters. The number of methoxy groups -OCH3 is 1. The van der Waals surface area contributed by atoms with Crippen molar-refractivity contribution < 1.29 is 14.6 Å². The van der Waals surface area contributed by atoms with Crippen LogP contribution in [0, 0.1) is 0 Å². The Morgan fingerprint density at radius 2 is 1.52 bits per heavy atom. The molecule has 0 aromatic heterocycles. The third kappa shape index (κ3) is 4.60. The van der Waals surface area contributed by atoms with Gasteiger partial charge >= 0.3 is 0 Å². The highest BCUT2D eigenvalue weighted by atomic mass is 35.5. The van der Waals surface area contributed by atoms with Crippen molar-refractivity contribution in [3.05, 3.63) is 57.6 Å². The van der Waals surface area contributed by atoms with Gasteiger partial charge < -0.3 is 14.6 Å². The van der Waals surface area contributed by atoms with Gasteiger partial charge in [0.05, 0.1) is 23.3 Å². The molecule has 2 aromatic carbocycles. The van der Waals surface area contributed by atoms with Crippen molar-refractivity contribution in [3.8, 4) is 11.5 Å². The molecule has 0 aliphatic carbocycles. The molecular weight excluding hydrogens is 359 g/mol. The Morgan fingerprint density at radius 3 is 1.96 bits per heavy atom. The molecule has 0 bridgehead atoms. The Morgan fingerprint density at radius 1 is 1.00 bits per heavy atom. The van der Waals surface area contributed by atoms with E-state index in [0.717, 1.165) is 11.1 Å². The summed E-state index contributed by atoms with van der Waals surface area (Å²) in [6, 6.07) is 11.5. The lowest BCUT2D eigenvalue weighted by Crippen LogP contribution is -2.19. The van der Waals surface area contributed by atoms with Crippen molar-refractivity contribution in [2.45, 2.75) is 38.7 Å². The quantitative estimate of drug-likeness (QED) is 0.688. The van der Waals surface area contributed by atoms with Gasteiger partial charge in [0.1, 0.15) is 18.1 Å². The van der Waals surface area contributed by atoms with Crippen molar-refractivity contribution in [1.29, 1.82) is 0 Å². The van der Waals surface area contributed by atoms with Gasteiger partial charge in [0.2, 0.25) is 0 Å². The molecule has 0 radical (unpaired) electrons. The summed E-state index contributed by atoms with van der Waals surface area (Å²) in [4.78, 5) is 0. The molecule has 3 nitrogen and oxygen atoms in total. The first-order chi connectivity index (χ1) is 11.8. The van der Waals surface area contributed by atoms with E-state index in [1.807, 2.05) is 43.3 Å². The highest BCUT2D eigenvalue weighted by Gasteiger charge is 2.25. The van der Waals surface area contributed by atoms with Crippen LogP contribution >= 0.6 is 23.2 Å². The summed E-state index contributed by atoms with van der Waals surface area (Å²) in [5, 5.41) is 10.7. The molecule has 0 aliphatic rings. The van der Waals surface area contributed by atoms with E-state index in [0.29, 0.717) is 28.0 Å². The molecule has 0 aliphatic heterocycles. The van der Waals surface area contributed by atoms with Crippen molar-refractivity contribution in [3.63, 3.8) is 0 Å². The Bertz CT molecular complexity index is 729. The SMILES string of the molecule is CCC(O)COc1ccc(C(C)(C)c2ccc(OC)c(Cl)c2)cc1Cl. The molecule has 0 saturated heterocycles. The molecule has 0 amide bonds. The Balaban J connectivity index is 2.27. The summed E-state index contributed by atoms with van der Waals surface area (Å²) < 4.78 is 10.8. The topological polar surface area (TPSA) is 38.7 Å². The lowest BCUT2D eigenvalue weighted by Gasteiger charge is -2.27. The van der Waals surface area contributed by atoms with Crippen LogP contribution in [-0.2, 0) is 5.41 Å². The van der Waals surface area contributed by atoms with Gasteiger partial charge in [-0.05, 0) is 41.8 Å². The molecule has 0 saturated carbocycles. The fraction of sp³-hybridized carbons (Fsp3) is 0.400. The Hall–Kier alpha value is -1.42. The minimum atomic E-state index is -0.492. The standard InChI is InChI=1S/C20H24Cl2O3/c1-5-15(23)12-25-19-9-7-14(11-17(19)22)20(2,3)13-6-8-18(24-4)16(21)10-13/h6-11,15,23H,5,12H2,1-4H3. The second-order valence-corrected chi connectivity index (χ2v) is 7.31. The molecule has 0 fully saturated rings. The van der Waals surface area contributed by atoms with Crippen LogP contribution in [0.15, 0.2) is 36.4 Å². The van der Waals surface area contributed by atoms with Crippen molar-refractivity contribution >= 4 is 23.2 Å². The van der Waals surface area contributed by atoms with Crippen molar-refractivity contribution in [2.24, 2.45) is 0 Å². The van der Waals surface area contributed by atoms with E-state index >= 15 is 0 Å². The van der Waals surface area contributed by atoms with E-state index in [-0.39, 0.29) is 12.0 Å². The lowest BCUT2D eigenvalue weighted by atomic mass is 9.78. The molecule has 25 heavy (non-hydrogen) atoms. The number of aliphatic hydroxyl groups excluding tert-OH is 1. The second kappa shape index (κ2) is 8.31. The Labute approximate surface area is 159 Å². The van der Waals surface area contributed by atoms with Crippen LogP contribution in [0.4, 0.5) is 0 Å². The van der Waals surface area contributed by atoms with E-state index in [1.165, 1.54) is 0 Å². The van der Waals surface area contributed by atoms with Gasteiger partial charge in [0.15, 0.2) is 0 Å². The molecule has 1 unspecified atom stereocenters. The number of benzene rings is 2. The molecule has 2 rings (SSSR count). The monoisotopic (exact) mass is 382 g/mol. The fourth-order valence-electron chi connectivity index (χ4n) is 2.53. The maximum Gasteiger partial charge on any atom is 0.138 e. The summed E-state index contributed by atoms with van der Waals surface area (Å²) in [5.74, 6) is 1.22. The van der Waals surface area contributed by atoms with Gasteiger partial charge in [-0.1, -0.05) is 56.1 Å². The van der Waals surface area contributed by atoms with Crippen LogP contribution in [-0.4, -0.2) is 24.9 Å². The minimum Gasteiger partial charge on any atom is -0.495 e. The zero-order chi connectivity index (χ0) is 18.6. The van der Waals surface area contributed by atoms with E-state index in [2.05, 4.69) is 13.8 Å². The first-order valence-electron chi connectivity index (χ1n) is 8.24. The molecular formula is C20H24Cl2O3. The molecule has 0 heterocycles. The molecule has 0 spiro atoms. The average Bonchev–Trinajstić information content (AvgIpc) is 2.60. The van der Waals surface area contributed by atoms with Gasteiger partial charge in [-0.3, -0.25) is 0 Å². The highest BCUT2D eigenvalue weighted by Crippen LogP contribution is 2.38. The maximum absolute atomic E-state index is 9.62. The van der Waals surface area contributed by atoms with Crippen LogP contribution in [0.1, 0.15) is 38.3 Å². The third-order valence-corrected chi connectivity index (χ3v) is 5.02. The van der Waals surface area contributed by atoms with Crippen LogP contribution in [0.5, 0.6) is 11.5 Å². The lowest BCUT2D eigenvalue weighted by molar-refractivity contribution is 0.104. The van der Waals surface area contributed by atoms with Gasteiger partial charge in [-0.2, -0.15) is 0 Å². The van der Waals surface area contributed by atoms with Crippen LogP contribution in [0.25, 0.3) is 0 Å². The zero-order valence-electron chi connectivity index (χ0n) is 15.0. The summed E-state index contributed by atoms with van der Waals surface area (Å²) in [6.07, 6.45) is 0.148. The van der Waals surface area contributed by atoms with Gasteiger partial charge in [-0.15, -0.1) is 0 Å². The number of hydrogen-bond donors (Lipinski definition) is 1. The van der Waals surface area contributed by atoms with Gasteiger partial charge in [0, 0.05) is 5.41 Å². The van der Waals surface area contributed by atoms with E-state index < -0.39 is 6.10 Å². The number of halogens is 2. The van der Waals surface area contributed by atoms with Gasteiger partial charge in [-0.25, -0.2) is 0 Å². The van der Waals surface area contributed by atoms with E-state index in [4.69, 9.17) is 32.7 Å². The Kier molecular flexibility index (Phi) is 6.61. The highest BCUT2D eigenvalue weighted by molar-refractivity contribution is 6.32. The first kappa shape index (κ1) is 19.9. The minimum absolute atomic E-state index is 0.229. The van der Waals surface area contributed by atoms with Crippen LogP contribution < -0.4 is 9.47 Å². The number of hydrogen-bond acceptors (Lipinski definition) is 3. The van der Waals surface area contributed by atoms with Crippen LogP contribution in [0.2, 0.25) is 10.0 Å². The third-order valence-electron chi connectivity index (χ3n) is 4.43. The zero-order valence-corrected chi connectivity index (χ0v) is 16.5. The molecule has 2 aromatic rings. The fourth-order valence-corrected chi connectivity index (χ4v) is 3.03. The predicted molar refractivity (Wildman–Crippen MR) is 103 cm³/mol. The summed E-state index contributed by atoms with van der Waals surface area (Å²) >= 11 is 12.6.